The molecule has 0 aromatic heterocycles. The Morgan fingerprint density at radius 3 is 2.48 bits per heavy atom. The first kappa shape index (κ1) is 19.7. The van der Waals surface area contributed by atoms with E-state index in [1.165, 1.54) is 0 Å². The zero-order valence-corrected chi connectivity index (χ0v) is 15.8. The van der Waals surface area contributed by atoms with Crippen molar-refractivity contribution in [3.8, 4) is 0 Å². The standard InChI is InChI=1S/C17H35N5O/c1-7-14(4)19-17(18-12-16(23)20(5)6)22-11-10-15(13-22)21(8-2)9-3/h14-15H,7-13H2,1-6H3,(H,18,19). The zero-order valence-electron chi connectivity index (χ0n) is 15.8. The highest BCUT2D eigenvalue weighted by Crippen LogP contribution is 2.15. The van der Waals surface area contributed by atoms with E-state index in [1.54, 1.807) is 19.0 Å². The molecule has 2 unspecified atom stereocenters. The van der Waals surface area contributed by atoms with Crippen molar-refractivity contribution in [2.45, 2.75) is 52.6 Å². The van der Waals surface area contributed by atoms with Crippen molar-refractivity contribution in [1.29, 1.82) is 0 Å². The lowest BCUT2D eigenvalue weighted by Crippen LogP contribution is -2.46. The van der Waals surface area contributed by atoms with Gasteiger partial charge >= 0.3 is 0 Å². The molecule has 6 nitrogen and oxygen atoms in total. The zero-order chi connectivity index (χ0) is 17.4. The number of rotatable bonds is 7. The molecule has 1 aliphatic heterocycles. The van der Waals surface area contributed by atoms with Crippen LogP contribution in [0.15, 0.2) is 4.99 Å². The van der Waals surface area contributed by atoms with Crippen LogP contribution in [-0.2, 0) is 4.79 Å². The van der Waals surface area contributed by atoms with Crippen LogP contribution in [0.25, 0.3) is 0 Å². The summed E-state index contributed by atoms with van der Waals surface area (Å²) in [5, 5.41) is 3.49. The van der Waals surface area contributed by atoms with Gasteiger partial charge in [-0.05, 0) is 32.9 Å². The number of likely N-dealkylation sites (tertiary alicyclic amines) is 1. The van der Waals surface area contributed by atoms with Crippen molar-refractivity contribution in [1.82, 2.24) is 20.0 Å². The van der Waals surface area contributed by atoms with Gasteiger partial charge < -0.3 is 15.1 Å². The molecule has 0 radical (unpaired) electrons. The molecule has 0 spiro atoms. The van der Waals surface area contributed by atoms with Gasteiger partial charge in [-0.1, -0.05) is 20.8 Å². The smallest absolute Gasteiger partial charge is 0.243 e. The van der Waals surface area contributed by atoms with E-state index in [0.29, 0.717) is 12.1 Å². The van der Waals surface area contributed by atoms with Crippen LogP contribution in [0.5, 0.6) is 0 Å². The van der Waals surface area contributed by atoms with Gasteiger partial charge in [-0.2, -0.15) is 0 Å². The van der Waals surface area contributed by atoms with Gasteiger partial charge in [0.15, 0.2) is 5.96 Å². The van der Waals surface area contributed by atoms with Crippen LogP contribution < -0.4 is 5.32 Å². The third-order valence-electron chi connectivity index (χ3n) is 4.64. The molecule has 1 amide bonds. The van der Waals surface area contributed by atoms with Gasteiger partial charge in [0.1, 0.15) is 6.54 Å². The molecule has 0 bridgehead atoms. The van der Waals surface area contributed by atoms with Crippen molar-refractivity contribution in [3.05, 3.63) is 0 Å². The van der Waals surface area contributed by atoms with Crippen LogP contribution in [0.1, 0.15) is 40.5 Å². The lowest BCUT2D eigenvalue weighted by Gasteiger charge is -2.28. The average Bonchev–Trinajstić information content (AvgIpc) is 3.01. The average molecular weight is 326 g/mol. The summed E-state index contributed by atoms with van der Waals surface area (Å²) in [6.45, 7) is 13.1. The Morgan fingerprint density at radius 2 is 1.96 bits per heavy atom. The van der Waals surface area contributed by atoms with Crippen molar-refractivity contribution in [2.24, 2.45) is 4.99 Å². The Balaban J connectivity index is 2.76. The van der Waals surface area contributed by atoms with Gasteiger partial charge in [-0.25, -0.2) is 4.99 Å². The Hall–Kier alpha value is -1.30. The van der Waals surface area contributed by atoms with Gasteiger partial charge in [-0.3, -0.25) is 9.69 Å². The van der Waals surface area contributed by atoms with Gasteiger partial charge in [0.05, 0.1) is 0 Å². The molecular weight excluding hydrogens is 290 g/mol. The number of aliphatic imine (C=N–C) groups is 1. The minimum atomic E-state index is 0.0351. The molecule has 1 rings (SSSR count). The maximum atomic E-state index is 11.8. The van der Waals surface area contributed by atoms with Crippen LogP contribution >= 0.6 is 0 Å². The highest BCUT2D eigenvalue weighted by molar-refractivity contribution is 5.85. The first-order valence-corrected chi connectivity index (χ1v) is 8.92. The maximum Gasteiger partial charge on any atom is 0.243 e. The summed E-state index contributed by atoms with van der Waals surface area (Å²) in [6, 6.07) is 0.939. The topological polar surface area (TPSA) is 51.2 Å². The summed E-state index contributed by atoms with van der Waals surface area (Å²) >= 11 is 0. The third kappa shape index (κ3) is 6.01. The normalized spacial score (nSPS) is 20.0. The molecule has 6 heteroatoms. The summed E-state index contributed by atoms with van der Waals surface area (Å²) in [5.41, 5.74) is 0. The van der Waals surface area contributed by atoms with E-state index >= 15 is 0 Å². The van der Waals surface area contributed by atoms with Crippen molar-refractivity contribution in [2.75, 3.05) is 46.8 Å². The molecule has 2 atom stereocenters. The number of amides is 1. The SMILES string of the molecule is CCC(C)NC(=NCC(=O)N(C)C)N1CCC(N(CC)CC)C1. The van der Waals surface area contributed by atoms with Crippen molar-refractivity contribution in [3.63, 3.8) is 0 Å². The maximum absolute atomic E-state index is 11.8. The molecule has 0 saturated carbocycles. The summed E-state index contributed by atoms with van der Waals surface area (Å²) in [5.74, 6) is 0.914. The lowest BCUT2D eigenvalue weighted by atomic mass is 10.2. The van der Waals surface area contributed by atoms with E-state index in [4.69, 9.17) is 0 Å². The first-order chi connectivity index (χ1) is 10.9. The molecule has 23 heavy (non-hydrogen) atoms. The summed E-state index contributed by atoms with van der Waals surface area (Å²) < 4.78 is 0. The number of guanidine groups is 1. The van der Waals surface area contributed by atoms with Crippen molar-refractivity contribution < 1.29 is 4.79 Å². The quantitative estimate of drug-likeness (QED) is 0.565. The first-order valence-electron chi connectivity index (χ1n) is 8.92. The molecule has 0 aromatic carbocycles. The second-order valence-electron chi connectivity index (χ2n) is 6.49. The van der Waals surface area contributed by atoms with E-state index in [0.717, 1.165) is 45.0 Å². The molecule has 0 aliphatic carbocycles. The fraction of sp³-hybridized carbons (Fsp3) is 0.882. The van der Waals surface area contributed by atoms with Crippen molar-refractivity contribution >= 4 is 11.9 Å². The second kappa shape index (κ2) is 9.75. The number of hydrogen-bond acceptors (Lipinski definition) is 3. The number of nitrogens with one attached hydrogen (secondary N) is 1. The number of hydrogen-bond donors (Lipinski definition) is 1. The van der Waals surface area contributed by atoms with Crippen LogP contribution in [-0.4, -0.2) is 85.5 Å². The Morgan fingerprint density at radius 1 is 1.30 bits per heavy atom. The predicted octanol–water partition coefficient (Wildman–Crippen LogP) is 1.23. The minimum Gasteiger partial charge on any atom is -0.354 e. The molecule has 1 fully saturated rings. The molecule has 1 aliphatic rings. The summed E-state index contributed by atoms with van der Waals surface area (Å²) in [4.78, 5) is 22.8. The third-order valence-corrected chi connectivity index (χ3v) is 4.64. The van der Waals surface area contributed by atoms with Gasteiger partial charge in [0.2, 0.25) is 5.91 Å². The number of nitrogens with zero attached hydrogens (tertiary/aromatic N) is 4. The fourth-order valence-electron chi connectivity index (χ4n) is 2.82. The Bertz CT molecular complexity index is 392. The fourth-order valence-corrected chi connectivity index (χ4v) is 2.82. The molecular formula is C17H35N5O. The molecule has 1 N–H and O–H groups in total. The van der Waals surface area contributed by atoms with E-state index in [9.17, 15) is 4.79 Å². The Kier molecular flexibility index (Phi) is 8.37. The van der Waals surface area contributed by atoms with Crippen LogP contribution in [0.4, 0.5) is 0 Å². The Labute approximate surface area is 141 Å². The van der Waals surface area contributed by atoms with Crippen LogP contribution in [0, 0.1) is 0 Å². The van der Waals surface area contributed by atoms with Gasteiger partial charge in [0.25, 0.3) is 0 Å². The number of carbonyl (C=O) groups excluding carboxylic acids is 1. The highest BCUT2D eigenvalue weighted by Gasteiger charge is 2.28. The number of carbonyl (C=O) groups is 1. The predicted molar refractivity (Wildman–Crippen MR) is 96.8 cm³/mol. The lowest BCUT2D eigenvalue weighted by molar-refractivity contribution is -0.127. The largest absolute Gasteiger partial charge is 0.354 e. The van der Waals surface area contributed by atoms with Gasteiger partial charge in [0, 0.05) is 39.3 Å². The van der Waals surface area contributed by atoms with E-state index in [2.05, 4.69) is 47.8 Å². The van der Waals surface area contributed by atoms with Gasteiger partial charge in [-0.15, -0.1) is 0 Å². The van der Waals surface area contributed by atoms with E-state index in [-0.39, 0.29) is 12.5 Å². The summed E-state index contributed by atoms with van der Waals surface area (Å²) in [6.07, 6.45) is 2.19. The molecule has 1 heterocycles. The molecule has 134 valence electrons. The highest BCUT2D eigenvalue weighted by atomic mass is 16.2. The van der Waals surface area contributed by atoms with E-state index in [1.807, 2.05) is 0 Å². The monoisotopic (exact) mass is 325 g/mol. The molecule has 1 saturated heterocycles. The minimum absolute atomic E-state index is 0.0351. The van der Waals surface area contributed by atoms with Crippen LogP contribution in [0.2, 0.25) is 0 Å². The second-order valence-corrected chi connectivity index (χ2v) is 6.49. The summed E-state index contributed by atoms with van der Waals surface area (Å²) in [7, 11) is 3.54. The van der Waals surface area contributed by atoms with Crippen LogP contribution in [0.3, 0.4) is 0 Å². The van der Waals surface area contributed by atoms with E-state index < -0.39 is 0 Å². The number of likely N-dealkylation sites (N-methyl/N-ethyl adjacent to an activating group) is 2. The molecule has 0 aromatic rings.